The van der Waals surface area contributed by atoms with E-state index in [4.69, 9.17) is 4.74 Å². The van der Waals surface area contributed by atoms with Crippen LogP contribution in [0.5, 0.6) is 0 Å². The van der Waals surface area contributed by atoms with Gasteiger partial charge in [-0.15, -0.1) is 11.3 Å². The number of fused-ring (bicyclic) bond motifs is 1. The smallest absolute Gasteiger partial charge is 0.319 e. The average molecular weight is 396 g/mol. The molecular weight excluding hydrogens is 370 g/mol. The second-order valence-electron chi connectivity index (χ2n) is 7.55. The summed E-state index contributed by atoms with van der Waals surface area (Å²) in [5.41, 5.74) is -0.685. The van der Waals surface area contributed by atoms with Crippen LogP contribution in [0.25, 0.3) is 10.1 Å². The normalized spacial score (nSPS) is 14.2. The van der Waals surface area contributed by atoms with Gasteiger partial charge in [0.15, 0.2) is 11.0 Å². The number of benzene rings is 1. The third kappa shape index (κ3) is 5.38. The summed E-state index contributed by atoms with van der Waals surface area (Å²) in [7, 11) is -1.73. The molecule has 2 rings (SSSR count). The molecule has 2 aromatic rings. The Morgan fingerprint density at radius 1 is 1.23 bits per heavy atom. The maximum absolute atomic E-state index is 12.7. The lowest BCUT2D eigenvalue weighted by Gasteiger charge is -2.24. The van der Waals surface area contributed by atoms with Crippen LogP contribution in [0.1, 0.15) is 41.0 Å². The molecule has 7 heteroatoms. The van der Waals surface area contributed by atoms with Crippen LogP contribution >= 0.6 is 11.3 Å². The van der Waals surface area contributed by atoms with Crippen LogP contribution in [0, 0.1) is 11.8 Å². The van der Waals surface area contributed by atoms with Crippen LogP contribution in [0.4, 0.5) is 0 Å². The summed E-state index contributed by atoms with van der Waals surface area (Å²) in [4.78, 5) is 25.6. The minimum absolute atomic E-state index is 0.119. The molecule has 2 atom stereocenters. The third-order valence-electron chi connectivity index (χ3n) is 3.55. The van der Waals surface area contributed by atoms with Gasteiger partial charge in [-0.3, -0.25) is 14.3 Å². The first kappa shape index (κ1) is 20.6. The molecule has 1 unspecified atom stereocenters. The number of rotatable bonds is 6. The van der Waals surface area contributed by atoms with E-state index in [0.717, 1.165) is 10.1 Å². The first-order valence-electron chi connectivity index (χ1n) is 8.50. The Morgan fingerprint density at radius 2 is 1.88 bits per heavy atom. The molecule has 5 nitrogen and oxygen atoms in total. The molecule has 0 aliphatic rings. The molecule has 1 amide bonds. The summed E-state index contributed by atoms with van der Waals surface area (Å²) in [6, 6.07) is 7.57. The molecule has 1 aromatic carbocycles. The predicted octanol–water partition coefficient (Wildman–Crippen LogP) is 4.04. The van der Waals surface area contributed by atoms with Gasteiger partial charge in [-0.2, -0.15) is 0 Å². The number of carbonyl (C=O) groups is 2. The van der Waals surface area contributed by atoms with Crippen LogP contribution in [0.2, 0.25) is 0 Å². The summed E-state index contributed by atoms with van der Waals surface area (Å²) in [5, 5.41) is 2.61. The summed E-state index contributed by atoms with van der Waals surface area (Å²) in [5.74, 6) is -2.02. The van der Waals surface area contributed by atoms with Crippen LogP contribution in [0.15, 0.2) is 34.5 Å². The van der Waals surface area contributed by atoms with Gasteiger partial charge in [-0.05, 0) is 39.2 Å². The highest BCUT2D eigenvalue weighted by molar-refractivity contribution is 7.84. The maximum atomic E-state index is 12.7. The fourth-order valence-electron chi connectivity index (χ4n) is 2.47. The Morgan fingerprint density at radius 3 is 2.50 bits per heavy atom. The minimum Gasteiger partial charge on any atom is -0.459 e. The molecule has 0 fully saturated rings. The number of esters is 1. The van der Waals surface area contributed by atoms with Crippen molar-refractivity contribution >= 4 is 44.3 Å². The van der Waals surface area contributed by atoms with E-state index in [1.807, 2.05) is 38.1 Å². The maximum Gasteiger partial charge on any atom is 0.319 e. The van der Waals surface area contributed by atoms with Gasteiger partial charge in [0.25, 0.3) is 0 Å². The molecule has 26 heavy (non-hydrogen) atoms. The number of thiophene rings is 1. The zero-order chi connectivity index (χ0) is 19.5. The zero-order valence-electron chi connectivity index (χ0n) is 15.7. The van der Waals surface area contributed by atoms with Gasteiger partial charge in [0.2, 0.25) is 5.91 Å². The highest BCUT2D eigenvalue weighted by atomic mass is 32.2. The Labute approximate surface area is 160 Å². The Balaban J connectivity index is 2.17. The van der Waals surface area contributed by atoms with E-state index >= 15 is 0 Å². The standard InChI is InChI=1S/C19H25NO4S2/c1-12(2)10-14(18(22)24-19(3,4)5)17(21)20-26(23)16-11-25-15-9-7-6-8-13(15)16/h6-9,11-12,14H,10H2,1-5H3,(H,20,21)/t14-,26?/m0/s1. The van der Waals surface area contributed by atoms with Gasteiger partial charge in [-0.25, -0.2) is 4.21 Å². The SMILES string of the molecule is CC(C)C[C@@H](C(=O)NS(=O)c1csc2ccccc12)C(=O)OC(C)(C)C. The Bertz CT molecular complexity index is 820. The van der Waals surface area contributed by atoms with Crippen molar-refractivity contribution in [3.63, 3.8) is 0 Å². The molecule has 1 N–H and O–H groups in total. The number of carbonyl (C=O) groups excluding carboxylic acids is 2. The molecule has 0 radical (unpaired) electrons. The van der Waals surface area contributed by atoms with Gasteiger partial charge in [0.1, 0.15) is 11.5 Å². The van der Waals surface area contributed by atoms with Crippen molar-refractivity contribution in [2.45, 2.75) is 51.5 Å². The first-order chi connectivity index (χ1) is 12.1. The van der Waals surface area contributed by atoms with E-state index in [1.165, 1.54) is 11.3 Å². The molecule has 1 heterocycles. The predicted molar refractivity (Wildman–Crippen MR) is 105 cm³/mol. The third-order valence-corrected chi connectivity index (χ3v) is 5.79. The van der Waals surface area contributed by atoms with Crippen LogP contribution in [-0.2, 0) is 25.3 Å². The molecule has 1 aromatic heterocycles. The van der Waals surface area contributed by atoms with Gasteiger partial charge in [0, 0.05) is 15.5 Å². The highest BCUT2D eigenvalue weighted by Gasteiger charge is 2.33. The number of ether oxygens (including phenoxy) is 1. The second-order valence-corrected chi connectivity index (χ2v) is 9.64. The molecule has 0 spiro atoms. The van der Waals surface area contributed by atoms with Crippen molar-refractivity contribution in [3.8, 4) is 0 Å². The molecule has 0 aliphatic carbocycles. The second kappa shape index (κ2) is 8.31. The summed E-state index contributed by atoms with van der Waals surface area (Å²) in [6.07, 6.45) is 0.336. The molecule has 0 bridgehead atoms. The number of hydrogen-bond acceptors (Lipinski definition) is 5. The van der Waals surface area contributed by atoms with E-state index in [1.54, 1.807) is 26.2 Å². The highest BCUT2D eigenvalue weighted by Crippen LogP contribution is 2.28. The number of hydrogen-bond donors (Lipinski definition) is 1. The van der Waals surface area contributed by atoms with Gasteiger partial charge in [0.05, 0.1) is 4.90 Å². The fraction of sp³-hybridized carbons (Fsp3) is 0.474. The van der Waals surface area contributed by atoms with Crippen molar-refractivity contribution in [3.05, 3.63) is 29.6 Å². The van der Waals surface area contributed by atoms with Gasteiger partial charge in [-0.1, -0.05) is 32.0 Å². The van der Waals surface area contributed by atoms with Crippen molar-refractivity contribution in [1.29, 1.82) is 0 Å². The van der Waals surface area contributed by atoms with Crippen molar-refractivity contribution < 1.29 is 18.5 Å². The average Bonchev–Trinajstić information content (AvgIpc) is 2.94. The topological polar surface area (TPSA) is 72.5 Å². The monoisotopic (exact) mass is 395 g/mol. The lowest BCUT2D eigenvalue weighted by molar-refractivity contribution is -0.162. The number of nitrogens with one attached hydrogen (secondary N) is 1. The van der Waals surface area contributed by atoms with Crippen LogP contribution in [0.3, 0.4) is 0 Å². The zero-order valence-corrected chi connectivity index (χ0v) is 17.3. The van der Waals surface area contributed by atoms with E-state index in [0.29, 0.717) is 11.3 Å². The van der Waals surface area contributed by atoms with Crippen molar-refractivity contribution in [1.82, 2.24) is 4.72 Å². The van der Waals surface area contributed by atoms with E-state index in [2.05, 4.69) is 4.72 Å². The number of amides is 1. The lowest BCUT2D eigenvalue weighted by atomic mass is 9.96. The van der Waals surface area contributed by atoms with Gasteiger partial charge < -0.3 is 4.74 Å². The molecule has 0 aliphatic heterocycles. The van der Waals surface area contributed by atoms with Gasteiger partial charge >= 0.3 is 5.97 Å². The quantitative estimate of drug-likeness (QED) is 0.592. The minimum atomic E-state index is -1.73. The summed E-state index contributed by atoms with van der Waals surface area (Å²) in [6.45, 7) is 9.11. The molecule has 0 saturated heterocycles. The molecular formula is C19H25NO4S2. The summed E-state index contributed by atoms with van der Waals surface area (Å²) >= 11 is 1.47. The van der Waals surface area contributed by atoms with E-state index < -0.39 is 34.4 Å². The summed E-state index contributed by atoms with van der Waals surface area (Å²) < 4.78 is 21.5. The lowest BCUT2D eigenvalue weighted by Crippen LogP contribution is -2.40. The molecule has 142 valence electrons. The van der Waals surface area contributed by atoms with Crippen molar-refractivity contribution in [2.75, 3.05) is 0 Å². The first-order valence-corrected chi connectivity index (χ1v) is 10.5. The largest absolute Gasteiger partial charge is 0.459 e. The van der Waals surface area contributed by atoms with E-state index in [-0.39, 0.29) is 5.92 Å². The Kier molecular flexibility index (Phi) is 6.58. The molecule has 0 saturated carbocycles. The van der Waals surface area contributed by atoms with Crippen molar-refractivity contribution in [2.24, 2.45) is 11.8 Å². The van der Waals surface area contributed by atoms with E-state index in [9.17, 15) is 13.8 Å². The van der Waals surface area contributed by atoms with Crippen LogP contribution < -0.4 is 4.72 Å². The Hall–Kier alpha value is -1.73. The fourth-order valence-corrected chi connectivity index (χ4v) is 4.66. The van der Waals surface area contributed by atoms with Crippen LogP contribution in [-0.4, -0.2) is 21.7 Å².